The number of fused-ring (bicyclic) bond motifs is 3. The second-order valence-electron chi connectivity index (χ2n) is 7.24. The SMILES string of the molecule is COC(=O)C[C@@H]1N=Cc2c(sc(C(C)C)c2-c2ccc(Cl)cc2)-n2c(C)nnc21. The van der Waals surface area contributed by atoms with Crippen LogP contribution in [0.25, 0.3) is 16.1 Å². The molecule has 1 aliphatic heterocycles. The van der Waals surface area contributed by atoms with E-state index in [1.165, 1.54) is 12.0 Å². The van der Waals surface area contributed by atoms with Gasteiger partial charge in [-0.05, 0) is 30.5 Å². The minimum Gasteiger partial charge on any atom is -0.469 e. The monoisotopic (exact) mass is 428 g/mol. The lowest BCUT2D eigenvalue weighted by atomic mass is 9.97. The molecule has 6 nitrogen and oxygen atoms in total. The lowest BCUT2D eigenvalue weighted by Crippen LogP contribution is -2.11. The van der Waals surface area contributed by atoms with E-state index in [1.54, 1.807) is 11.3 Å². The molecule has 150 valence electrons. The molecule has 1 aliphatic rings. The number of hydrogen-bond acceptors (Lipinski definition) is 6. The van der Waals surface area contributed by atoms with Crippen LogP contribution in [-0.4, -0.2) is 34.1 Å². The van der Waals surface area contributed by atoms with Crippen molar-refractivity contribution in [2.45, 2.75) is 39.2 Å². The van der Waals surface area contributed by atoms with Gasteiger partial charge in [0.2, 0.25) is 0 Å². The first-order valence-corrected chi connectivity index (χ1v) is 10.5. The number of aliphatic imine (C=N–C) groups is 1. The molecule has 8 heteroatoms. The highest BCUT2D eigenvalue weighted by Gasteiger charge is 2.30. The van der Waals surface area contributed by atoms with Crippen LogP contribution in [-0.2, 0) is 9.53 Å². The van der Waals surface area contributed by atoms with Gasteiger partial charge in [0.15, 0.2) is 5.82 Å². The number of halogens is 1. The average Bonchev–Trinajstić information content (AvgIpc) is 3.22. The number of ether oxygens (including phenoxy) is 1. The molecule has 2 aromatic heterocycles. The van der Waals surface area contributed by atoms with E-state index in [2.05, 4.69) is 24.0 Å². The molecule has 0 bridgehead atoms. The Labute approximate surface area is 178 Å². The van der Waals surface area contributed by atoms with E-state index < -0.39 is 6.04 Å². The number of carbonyl (C=O) groups excluding carboxylic acids is 1. The maximum Gasteiger partial charge on any atom is 0.308 e. The molecule has 0 aliphatic carbocycles. The number of benzene rings is 1. The number of aromatic nitrogens is 3. The first kappa shape index (κ1) is 19.8. The minimum atomic E-state index is -0.441. The minimum absolute atomic E-state index is 0.118. The Kier molecular flexibility index (Phi) is 5.27. The summed E-state index contributed by atoms with van der Waals surface area (Å²) in [5.41, 5.74) is 3.23. The van der Waals surface area contributed by atoms with Crippen molar-refractivity contribution in [1.82, 2.24) is 14.8 Å². The summed E-state index contributed by atoms with van der Waals surface area (Å²) in [4.78, 5) is 17.9. The number of carbonyl (C=O) groups is 1. The smallest absolute Gasteiger partial charge is 0.308 e. The fourth-order valence-electron chi connectivity index (χ4n) is 3.52. The van der Waals surface area contributed by atoms with E-state index in [1.807, 2.05) is 42.0 Å². The van der Waals surface area contributed by atoms with Gasteiger partial charge in [-0.1, -0.05) is 37.6 Å². The lowest BCUT2D eigenvalue weighted by Gasteiger charge is -2.11. The molecule has 0 spiro atoms. The first-order chi connectivity index (χ1) is 13.9. The summed E-state index contributed by atoms with van der Waals surface area (Å²) in [7, 11) is 1.38. The van der Waals surface area contributed by atoms with Crippen molar-refractivity contribution in [3.8, 4) is 16.1 Å². The Bertz CT molecular complexity index is 1100. The van der Waals surface area contributed by atoms with E-state index in [0.717, 1.165) is 27.5 Å². The zero-order valence-electron chi connectivity index (χ0n) is 16.6. The molecular weight excluding hydrogens is 408 g/mol. The summed E-state index contributed by atoms with van der Waals surface area (Å²) in [6.45, 7) is 6.28. The van der Waals surface area contributed by atoms with Crippen molar-refractivity contribution in [2.75, 3.05) is 7.11 Å². The average molecular weight is 429 g/mol. The molecule has 0 radical (unpaired) electrons. The van der Waals surface area contributed by atoms with Crippen LogP contribution in [0.2, 0.25) is 5.02 Å². The molecule has 0 saturated carbocycles. The van der Waals surface area contributed by atoms with Gasteiger partial charge in [-0.25, -0.2) is 0 Å². The van der Waals surface area contributed by atoms with Crippen LogP contribution in [0, 0.1) is 6.92 Å². The largest absolute Gasteiger partial charge is 0.469 e. The summed E-state index contributed by atoms with van der Waals surface area (Å²) >= 11 is 7.82. The van der Waals surface area contributed by atoms with Crippen LogP contribution in [0.4, 0.5) is 0 Å². The molecule has 3 heterocycles. The quantitative estimate of drug-likeness (QED) is 0.541. The highest BCUT2D eigenvalue weighted by atomic mass is 35.5. The molecule has 0 saturated heterocycles. The number of esters is 1. The van der Waals surface area contributed by atoms with Gasteiger partial charge >= 0.3 is 5.97 Å². The van der Waals surface area contributed by atoms with Crippen molar-refractivity contribution in [3.05, 3.63) is 51.4 Å². The fraction of sp³-hybridized carbons (Fsp3) is 0.333. The first-order valence-electron chi connectivity index (χ1n) is 9.35. The Morgan fingerprint density at radius 3 is 2.66 bits per heavy atom. The van der Waals surface area contributed by atoms with E-state index in [9.17, 15) is 4.79 Å². The third-order valence-electron chi connectivity index (χ3n) is 4.93. The predicted octanol–water partition coefficient (Wildman–Crippen LogP) is 5.12. The topological polar surface area (TPSA) is 69.4 Å². The molecule has 1 atom stereocenters. The highest BCUT2D eigenvalue weighted by molar-refractivity contribution is 7.15. The van der Waals surface area contributed by atoms with Crippen LogP contribution >= 0.6 is 22.9 Å². The van der Waals surface area contributed by atoms with E-state index in [0.29, 0.717) is 16.8 Å². The van der Waals surface area contributed by atoms with Crippen molar-refractivity contribution in [3.63, 3.8) is 0 Å². The van der Waals surface area contributed by atoms with Crippen molar-refractivity contribution >= 4 is 35.1 Å². The Balaban J connectivity index is 1.95. The number of rotatable bonds is 4. The molecule has 3 aromatic rings. The number of methoxy groups -OCH3 is 1. The van der Waals surface area contributed by atoms with Crippen molar-refractivity contribution in [1.29, 1.82) is 0 Å². The van der Waals surface area contributed by atoms with Gasteiger partial charge in [-0.2, -0.15) is 0 Å². The Hall–Kier alpha value is -2.51. The maximum atomic E-state index is 11.9. The third kappa shape index (κ3) is 3.49. The summed E-state index contributed by atoms with van der Waals surface area (Å²) in [6.07, 6.45) is 1.98. The van der Waals surface area contributed by atoms with Gasteiger partial charge in [-0.15, -0.1) is 21.5 Å². The number of thiophene rings is 1. The van der Waals surface area contributed by atoms with Gasteiger partial charge in [0, 0.05) is 27.2 Å². The van der Waals surface area contributed by atoms with Crippen LogP contribution < -0.4 is 0 Å². The van der Waals surface area contributed by atoms with E-state index >= 15 is 0 Å². The van der Waals surface area contributed by atoms with Crippen LogP contribution in [0.15, 0.2) is 29.3 Å². The summed E-state index contributed by atoms with van der Waals surface area (Å²) in [6, 6.07) is 7.41. The van der Waals surface area contributed by atoms with Gasteiger partial charge in [0.1, 0.15) is 16.9 Å². The van der Waals surface area contributed by atoms with Gasteiger partial charge < -0.3 is 4.74 Å². The number of aryl methyl sites for hydroxylation is 1. The normalized spacial score (nSPS) is 15.2. The molecule has 4 rings (SSSR count). The van der Waals surface area contributed by atoms with E-state index in [-0.39, 0.29) is 12.4 Å². The van der Waals surface area contributed by atoms with Crippen molar-refractivity contribution in [2.24, 2.45) is 4.99 Å². The predicted molar refractivity (Wildman–Crippen MR) is 115 cm³/mol. The molecule has 0 N–H and O–H groups in total. The highest BCUT2D eigenvalue weighted by Crippen LogP contribution is 2.44. The zero-order valence-corrected chi connectivity index (χ0v) is 18.2. The molecule has 1 aromatic carbocycles. The standard InChI is InChI=1S/C21H21ClN4O2S/c1-11(2)19-18(13-5-7-14(22)8-6-13)15-10-23-16(9-17(27)28-4)20-25-24-12(3)26(20)21(15)29-19/h5-8,10-11,16H,9H2,1-4H3/t16-/m0/s1. The molecule has 29 heavy (non-hydrogen) atoms. The molecule has 0 fully saturated rings. The molecule has 0 unspecified atom stereocenters. The van der Waals surface area contributed by atoms with Crippen molar-refractivity contribution < 1.29 is 9.53 Å². The Morgan fingerprint density at radius 2 is 2.00 bits per heavy atom. The summed E-state index contributed by atoms with van der Waals surface area (Å²) < 4.78 is 6.87. The molecular formula is C21H21ClN4O2S. The van der Waals surface area contributed by atoms with Crippen LogP contribution in [0.1, 0.15) is 54.3 Å². The number of hydrogen-bond donors (Lipinski definition) is 0. The van der Waals surface area contributed by atoms with Crippen LogP contribution in [0.5, 0.6) is 0 Å². The Morgan fingerprint density at radius 1 is 1.28 bits per heavy atom. The number of nitrogens with zero attached hydrogens (tertiary/aromatic N) is 4. The van der Waals surface area contributed by atoms with Gasteiger partial charge in [0.25, 0.3) is 0 Å². The van der Waals surface area contributed by atoms with Crippen LogP contribution in [0.3, 0.4) is 0 Å². The maximum absolute atomic E-state index is 11.9. The summed E-state index contributed by atoms with van der Waals surface area (Å²) in [5.74, 6) is 1.42. The van der Waals surface area contributed by atoms with Gasteiger partial charge in [0.05, 0.1) is 13.5 Å². The summed E-state index contributed by atoms with van der Waals surface area (Å²) in [5, 5.41) is 10.3. The van der Waals surface area contributed by atoms with Gasteiger partial charge in [-0.3, -0.25) is 14.4 Å². The fourth-order valence-corrected chi connectivity index (χ4v) is 5.00. The van der Waals surface area contributed by atoms with E-state index in [4.69, 9.17) is 21.3 Å². The third-order valence-corrected chi connectivity index (χ3v) is 6.68. The molecule has 0 amide bonds. The lowest BCUT2D eigenvalue weighted by molar-refractivity contribution is -0.141. The second kappa shape index (κ2) is 7.72. The zero-order chi connectivity index (χ0) is 20.7. The second-order valence-corrected chi connectivity index (χ2v) is 8.70.